The number of halogens is 2. The summed E-state index contributed by atoms with van der Waals surface area (Å²) < 4.78 is 24.2. The van der Waals surface area contributed by atoms with Crippen LogP contribution < -0.4 is 10.0 Å². The van der Waals surface area contributed by atoms with Gasteiger partial charge in [-0.15, -0.1) is 0 Å². The van der Waals surface area contributed by atoms with Crippen molar-refractivity contribution in [2.45, 2.75) is 59.1 Å². The molecule has 4 rings (SSSR count). The molecule has 0 aliphatic carbocycles. The van der Waals surface area contributed by atoms with Gasteiger partial charge in [0.2, 0.25) is 0 Å². The molecule has 2 N–H and O–H groups in total. The van der Waals surface area contributed by atoms with Gasteiger partial charge in [0.15, 0.2) is 0 Å². The van der Waals surface area contributed by atoms with Crippen LogP contribution in [0.2, 0.25) is 5.02 Å². The number of hydroxylamine groups is 2. The van der Waals surface area contributed by atoms with Crippen LogP contribution in [0.3, 0.4) is 0 Å². The Hall–Kier alpha value is -1.88. The third kappa shape index (κ3) is 12.0. The Balaban J connectivity index is 0.000000340. The summed E-state index contributed by atoms with van der Waals surface area (Å²) >= 11 is 5.84. The molecule has 3 atom stereocenters. The molecule has 0 amide bonds. The van der Waals surface area contributed by atoms with Crippen molar-refractivity contribution in [2.75, 3.05) is 58.3 Å². The second kappa shape index (κ2) is 18.0. The molecule has 2 saturated heterocycles. The number of para-hydroxylation sites is 1. The molecule has 10 heteroatoms. The van der Waals surface area contributed by atoms with Gasteiger partial charge >= 0.3 is 0 Å². The zero-order valence-electron chi connectivity index (χ0n) is 25.6. The maximum Gasteiger partial charge on any atom is 0.146 e. The second-order valence-corrected chi connectivity index (χ2v) is 14.3. The first-order valence-electron chi connectivity index (χ1n) is 14.1. The minimum absolute atomic E-state index is 0. The number of piperazine rings is 1. The normalized spacial score (nSPS) is 20.1. The van der Waals surface area contributed by atoms with Crippen LogP contribution in [0.4, 0.5) is 10.1 Å². The van der Waals surface area contributed by atoms with Gasteiger partial charge in [0.25, 0.3) is 0 Å². The smallest absolute Gasteiger partial charge is 0.146 e. The minimum atomic E-state index is -1.18. The largest absolute Gasteiger partial charge is 0.366 e. The quantitative estimate of drug-likeness (QED) is 0.400. The zero-order valence-corrected chi connectivity index (χ0v) is 27.2. The van der Waals surface area contributed by atoms with E-state index in [2.05, 4.69) is 36.8 Å². The van der Waals surface area contributed by atoms with Crippen LogP contribution in [-0.4, -0.2) is 78.6 Å². The van der Waals surface area contributed by atoms with E-state index >= 15 is 0 Å². The SMILES string of the molecule is C.CC(C)(C)S(N)=O.CC(C)Cc1cccc(F)c1N1CCN(C)CC1.CON1CC(C=O)C(c2ccc(Cl)cc2)C1. The van der Waals surface area contributed by atoms with Crippen molar-refractivity contribution >= 4 is 34.6 Å². The maximum atomic E-state index is 14.1. The van der Waals surface area contributed by atoms with Gasteiger partial charge in [-0.1, -0.05) is 57.1 Å². The predicted octanol–water partition coefficient (Wildman–Crippen LogP) is 5.94. The molecule has 2 heterocycles. The highest BCUT2D eigenvalue weighted by atomic mass is 35.5. The number of likely N-dealkylation sites (N-methyl/N-ethyl adjacent to an activating group) is 1. The maximum absolute atomic E-state index is 14.1. The molecule has 0 bridgehead atoms. The molecule has 0 radical (unpaired) electrons. The average molecular weight is 627 g/mol. The van der Waals surface area contributed by atoms with Crippen LogP contribution in [0.25, 0.3) is 0 Å². The van der Waals surface area contributed by atoms with Gasteiger partial charge in [-0.25, -0.2) is 8.60 Å². The summed E-state index contributed by atoms with van der Waals surface area (Å²) in [4.78, 5) is 20.7. The van der Waals surface area contributed by atoms with E-state index in [-0.39, 0.29) is 29.8 Å². The van der Waals surface area contributed by atoms with Crippen molar-refractivity contribution in [1.82, 2.24) is 9.96 Å². The summed E-state index contributed by atoms with van der Waals surface area (Å²) in [7, 11) is 2.57. The molecule has 2 aliphatic heterocycles. The third-order valence-corrected chi connectivity index (χ3v) is 8.64. The Labute approximate surface area is 261 Å². The standard InChI is InChI=1S/C15H23FN2.C12H14ClNO2.C4H11NOS.CH4/c1-12(2)11-13-5-4-6-14(16)15(13)18-9-7-17(3)8-10-18;1-16-14-6-10(8-15)12(7-14)9-2-4-11(13)5-3-9;1-4(2,3)7(5)6;/h4-6,12H,7-11H2,1-3H3;2-5,8,10,12H,6-7H2,1H3;5H2,1-3H3;1H4. The van der Waals surface area contributed by atoms with Crippen molar-refractivity contribution in [2.24, 2.45) is 17.0 Å². The average Bonchev–Trinajstić information content (AvgIpc) is 3.34. The van der Waals surface area contributed by atoms with E-state index < -0.39 is 11.0 Å². The van der Waals surface area contributed by atoms with Crippen LogP contribution in [0, 0.1) is 17.7 Å². The highest BCUT2D eigenvalue weighted by Gasteiger charge is 2.33. The number of carbonyl (C=O) groups is 1. The number of aldehydes is 1. The fraction of sp³-hybridized carbons (Fsp3) is 0.594. The molecule has 2 fully saturated rings. The number of hydrogen-bond donors (Lipinski definition) is 1. The number of hydrogen-bond acceptors (Lipinski definition) is 6. The fourth-order valence-corrected chi connectivity index (χ4v) is 4.82. The zero-order chi connectivity index (χ0) is 30.7. The molecule has 0 saturated carbocycles. The lowest BCUT2D eigenvalue weighted by Crippen LogP contribution is -2.45. The van der Waals surface area contributed by atoms with Crippen LogP contribution in [0.15, 0.2) is 42.5 Å². The fourth-order valence-electron chi connectivity index (χ4n) is 4.69. The first kappa shape index (κ1) is 38.1. The summed E-state index contributed by atoms with van der Waals surface area (Å²) in [5.41, 5.74) is 3.12. The van der Waals surface area contributed by atoms with Gasteiger partial charge in [0.1, 0.15) is 12.1 Å². The van der Waals surface area contributed by atoms with E-state index in [1.165, 1.54) is 0 Å². The van der Waals surface area contributed by atoms with Crippen LogP contribution in [-0.2, 0) is 27.0 Å². The van der Waals surface area contributed by atoms with Gasteiger partial charge in [0, 0.05) is 56.1 Å². The summed E-state index contributed by atoms with van der Waals surface area (Å²) in [6.07, 6.45) is 1.96. The number of carbonyl (C=O) groups excluding carboxylic acids is 1. The topological polar surface area (TPSA) is 79.1 Å². The van der Waals surface area contributed by atoms with Gasteiger partial charge in [-0.3, -0.25) is 5.14 Å². The molecule has 2 aromatic carbocycles. The lowest BCUT2D eigenvalue weighted by atomic mass is 9.90. The van der Waals surface area contributed by atoms with Crippen molar-refractivity contribution in [3.8, 4) is 0 Å². The van der Waals surface area contributed by atoms with Crippen molar-refractivity contribution in [3.05, 3.63) is 64.4 Å². The second-order valence-electron chi connectivity index (χ2n) is 12.0. The Morgan fingerprint density at radius 2 is 1.67 bits per heavy atom. The van der Waals surface area contributed by atoms with E-state index in [1.807, 2.05) is 56.2 Å². The Morgan fingerprint density at radius 3 is 2.14 bits per heavy atom. The Kier molecular flexibility index (Phi) is 16.4. The lowest BCUT2D eigenvalue weighted by Gasteiger charge is -2.35. The Morgan fingerprint density at radius 1 is 1.10 bits per heavy atom. The van der Waals surface area contributed by atoms with Crippen molar-refractivity contribution < 1.29 is 18.2 Å². The number of nitrogens with zero attached hydrogens (tertiary/aromatic N) is 3. The van der Waals surface area contributed by atoms with Gasteiger partial charge in [-0.2, -0.15) is 5.06 Å². The number of rotatable bonds is 6. The summed E-state index contributed by atoms with van der Waals surface area (Å²) in [5.74, 6) is 0.687. The third-order valence-electron chi connectivity index (χ3n) is 7.18. The molecule has 2 aliphatic rings. The molecule has 42 heavy (non-hydrogen) atoms. The Bertz CT molecular complexity index is 1110. The molecule has 3 unspecified atom stereocenters. The van der Waals surface area contributed by atoms with E-state index in [0.717, 1.165) is 62.2 Å². The van der Waals surface area contributed by atoms with E-state index in [4.69, 9.17) is 21.6 Å². The molecule has 7 nitrogen and oxygen atoms in total. The number of anilines is 1. The summed E-state index contributed by atoms with van der Waals surface area (Å²) in [5, 5.41) is 7.58. The highest BCUT2D eigenvalue weighted by molar-refractivity contribution is 7.84. The van der Waals surface area contributed by atoms with Crippen LogP contribution in [0.5, 0.6) is 0 Å². The van der Waals surface area contributed by atoms with Gasteiger partial charge < -0.3 is 19.4 Å². The predicted molar refractivity (Wildman–Crippen MR) is 176 cm³/mol. The van der Waals surface area contributed by atoms with Gasteiger partial charge in [0.05, 0.1) is 28.5 Å². The van der Waals surface area contributed by atoms with E-state index in [9.17, 15) is 13.4 Å². The lowest BCUT2D eigenvalue weighted by molar-refractivity contribution is -0.122. The van der Waals surface area contributed by atoms with E-state index in [1.54, 1.807) is 13.2 Å². The van der Waals surface area contributed by atoms with Crippen molar-refractivity contribution in [3.63, 3.8) is 0 Å². The first-order valence-corrected chi connectivity index (χ1v) is 15.7. The van der Waals surface area contributed by atoms with Gasteiger partial charge in [-0.05, 0) is 69.5 Å². The van der Waals surface area contributed by atoms with Crippen LogP contribution in [0.1, 0.15) is 59.1 Å². The summed E-state index contributed by atoms with van der Waals surface area (Å²) in [6.45, 7) is 15.1. The highest BCUT2D eigenvalue weighted by Crippen LogP contribution is 2.32. The molecule has 0 spiro atoms. The molecule has 0 aromatic heterocycles. The number of benzene rings is 2. The molecular formula is C32H52ClFN4O3S. The first-order chi connectivity index (χ1) is 19.3. The minimum Gasteiger partial charge on any atom is -0.366 e. The molecular weight excluding hydrogens is 575 g/mol. The van der Waals surface area contributed by atoms with Crippen LogP contribution >= 0.6 is 11.6 Å². The monoisotopic (exact) mass is 626 g/mol. The van der Waals surface area contributed by atoms with E-state index in [0.29, 0.717) is 17.5 Å². The molecule has 2 aromatic rings. The number of nitrogens with two attached hydrogens (primary N) is 1. The molecule has 238 valence electrons. The van der Waals surface area contributed by atoms with Crippen molar-refractivity contribution in [1.29, 1.82) is 0 Å². The summed E-state index contributed by atoms with van der Waals surface area (Å²) in [6, 6.07) is 13.1.